The van der Waals surface area contributed by atoms with Crippen LogP contribution in [0, 0.1) is 0 Å². The summed E-state index contributed by atoms with van der Waals surface area (Å²) in [4.78, 5) is 2.56. The maximum Gasteiger partial charge on any atom is 0.0589 e. The lowest BCUT2D eigenvalue weighted by Gasteiger charge is -2.22. The van der Waals surface area contributed by atoms with Crippen molar-refractivity contribution in [3.63, 3.8) is 0 Å². The Morgan fingerprint density at radius 2 is 2.13 bits per heavy atom. The first-order valence-corrected chi connectivity index (χ1v) is 6.26. The lowest BCUT2D eigenvalue weighted by molar-refractivity contribution is 0.142. The highest BCUT2D eigenvalue weighted by atomic mass is 16.5. The van der Waals surface area contributed by atoms with Crippen molar-refractivity contribution in [3.8, 4) is 0 Å². The van der Waals surface area contributed by atoms with Gasteiger partial charge in [-0.15, -0.1) is 0 Å². The maximum absolute atomic E-state index is 5.91. The van der Waals surface area contributed by atoms with Gasteiger partial charge in [-0.2, -0.15) is 0 Å². The van der Waals surface area contributed by atoms with E-state index in [9.17, 15) is 0 Å². The predicted octanol–water partition coefficient (Wildman–Crippen LogP) is 1.61. The van der Waals surface area contributed by atoms with Crippen molar-refractivity contribution in [2.24, 2.45) is 5.73 Å². The molecule has 2 N–H and O–H groups in total. The minimum absolute atomic E-state index is 0.397. The molecule has 0 spiro atoms. The topological polar surface area (TPSA) is 38.5 Å². The molecule has 0 radical (unpaired) electrons. The minimum Gasteiger partial charge on any atom is -0.383 e. The number of ether oxygens (including phenoxy) is 1. The van der Waals surface area contributed by atoms with Crippen LogP contribution in [0.4, 0.5) is 0 Å². The molecule has 0 saturated heterocycles. The third-order valence-electron chi connectivity index (χ3n) is 3.19. The molecule has 1 atom stereocenters. The first kappa shape index (κ1) is 12.9. The van der Waals surface area contributed by atoms with Crippen LogP contribution in [0.3, 0.4) is 0 Å². The molecule has 0 aromatic heterocycles. The van der Waals surface area contributed by atoms with E-state index in [4.69, 9.17) is 10.5 Å². The van der Waals surface area contributed by atoms with Gasteiger partial charge in [0.25, 0.3) is 0 Å². The van der Waals surface area contributed by atoms with Crippen LogP contribution in [0.2, 0.25) is 0 Å². The standard InChI is InChI=1S/C12H26N2O/c1-3-11(13)5-4-8-14(9-10-15-2)12-6-7-12/h11-12H,3-10,13H2,1-2H3. The Morgan fingerprint density at radius 1 is 1.40 bits per heavy atom. The summed E-state index contributed by atoms with van der Waals surface area (Å²) in [6.45, 7) is 5.30. The van der Waals surface area contributed by atoms with Gasteiger partial charge in [0, 0.05) is 25.7 Å². The second kappa shape index (κ2) is 7.20. The number of methoxy groups -OCH3 is 1. The molecule has 0 aromatic carbocycles. The molecule has 1 unspecified atom stereocenters. The molecule has 0 aliphatic heterocycles. The van der Waals surface area contributed by atoms with Crippen LogP contribution in [0.25, 0.3) is 0 Å². The summed E-state index contributed by atoms with van der Waals surface area (Å²) in [5.74, 6) is 0. The molecule has 0 aromatic rings. The molecule has 3 nitrogen and oxygen atoms in total. The average molecular weight is 214 g/mol. The zero-order chi connectivity index (χ0) is 11.1. The zero-order valence-corrected chi connectivity index (χ0v) is 10.2. The van der Waals surface area contributed by atoms with E-state index in [1.54, 1.807) is 7.11 Å². The van der Waals surface area contributed by atoms with Gasteiger partial charge in [0.1, 0.15) is 0 Å². The molecular weight excluding hydrogens is 188 g/mol. The summed E-state index contributed by atoms with van der Waals surface area (Å²) in [6.07, 6.45) is 6.25. The van der Waals surface area contributed by atoms with Crippen LogP contribution in [-0.2, 0) is 4.74 Å². The first-order chi connectivity index (χ1) is 7.27. The minimum atomic E-state index is 0.397. The summed E-state index contributed by atoms with van der Waals surface area (Å²) >= 11 is 0. The van der Waals surface area contributed by atoms with Gasteiger partial charge in [-0.05, 0) is 38.6 Å². The summed E-state index contributed by atoms with van der Waals surface area (Å²) in [5.41, 5.74) is 5.91. The molecule has 1 saturated carbocycles. The van der Waals surface area contributed by atoms with Crippen molar-refractivity contribution < 1.29 is 4.74 Å². The van der Waals surface area contributed by atoms with E-state index >= 15 is 0 Å². The van der Waals surface area contributed by atoms with Gasteiger partial charge in [-0.3, -0.25) is 4.90 Å². The van der Waals surface area contributed by atoms with Crippen LogP contribution in [0.15, 0.2) is 0 Å². The van der Waals surface area contributed by atoms with Crippen LogP contribution >= 0.6 is 0 Å². The number of rotatable bonds is 9. The Hall–Kier alpha value is -0.120. The quantitative estimate of drug-likeness (QED) is 0.634. The second-order valence-corrected chi connectivity index (χ2v) is 4.57. The Kier molecular flexibility index (Phi) is 6.22. The lowest BCUT2D eigenvalue weighted by Crippen LogP contribution is -2.31. The molecule has 15 heavy (non-hydrogen) atoms. The number of nitrogens with two attached hydrogens (primary N) is 1. The first-order valence-electron chi connectivity index (χ1n) is 6.26. The summed E-state index contributed by atoms with van der Waals surface area (Å²) in [5, 5.41) is 0. The van der Waals surface area contributed by atoms with Crippen molar-refractivity contribution in [2.45, 2.75) is 51.1 Å². The second-order valence-electron chi connectivity index (χ2n) is 4.57. The van der Waals surface area contributed by atoms with E-state index in [-0.39, 0.29) is 0 Å². The molecule has 3 heteroatoms. The van der Waals surface area contributed by atoms with E-state index in [0.29, 0.717) is 6.04 Å². The van der Waals surface area contributed by atoms with Crippen LogP contribution in [-0.4, -0.2) is 43.8 Å². The fraction of sp³-hybridized carbons (Fsp3) is 1.00. The van der Waals surface area contributed by atoms with Crippen molar-refractivity contribution in [3.05, 3.63) is 0 Å². The van der Waals surface area contributed by atoms with Gasteiger partial charge in [0.05, 0.1) is 6.61 Å². The van der Waals surface area contributed by atoms with Crippen molar-refractivity contribution in [2.75, 3.05) is 26.8 Å². The monoisotopic (exact) mass is 214 g/mol. The van der Waals surface area contributed by atoms with E-state index < -0.39 is 0 Å². The van der Waals surface area contributed by atoms with E-state index in [2.05, 4.69) is 11.8 Å². The third kappa shape index (κ3) is 5.50. The Morgan fingerprint density at radius 3 is 2.67 bits per heavy atom. The summed E-state index contributed by atoms with van der Waals surface area (Å²) in [7, 11) is 1.78. The number of nitrogens with zero attached hydrogens (tertiary/aromatic N) is 1. The van der Waals surface area contributed by atoms with Gasteiger partial charge in [0.2, 0.25) is 0 Å². The van der Waals surface area contributed by atoms with Crippen LogP contribution < -0.4 is 5.73 Å². The smallest absolute Gasteiger partial charge is 0.0589 e. The maximum atomic E-state index is 5.91. The highest BCUT2D eigenvalue weighted by molar-refractivity contribution is 4.84. The molecule has 90 valence electrons. The third-order valence-corrected chi connectivity index (χ3v) is 3.19. The van der Waals surface area contributed by atoms with Gasteiger partial charge in [-0.1, -0.05) is 6.92 Å². The fourth-order valence-corrected chi connectivity index (χ4v) is 1.89. The highest BCUT2D eigenvalue weighted by Crippen LogP contribution is 2.26. The number of hydrogen-bond acceptors (Lipinski definition) is 3. The van der Waals surface area contributed by atoms with Crippen LogP contribution in [0.5, 0.6) is 0 Å². The normalized spacial score (nSPS) is 18.4. The van der Waals surface area contributed by atoms with Gasteiger partial charge < -0.3 is 10.5 Å². The predicted molar refractivity (Wildman–Crippen MR) is 64.0 cm³/mol. The molecule has 0 bridgehead atoms. The van der Waals surface area contributed by atoms with E-state index in [0.717, 1.165) is 32.0 Å². The molecular formula is C12H26N2O. The number of hydrogen-bond donors (Lipinski definition) is 1. The molecule has 1 aliphatic rings. The van der Waals surface area contributed by atoms with Gasteiger partial charge in [0.15, 0.2) is 0 Å². The van der Waals surface area contributed by atoms with Crippen molar-refractivity contribution in [1.82, 2.24) is 4.90 Å². The van der Waals surface area contributed by atoms with Gasteiger partial charge >= 0.3 is 0 Å². The Balaban J connectivity index is 2.08. The lowest BCUT2D eigenvalue weighted by atomic mass is 10.1. The van der Waals surface area contributed by atoms with Crippen molar-refractivity contribution in [1.29, 1.82) is 0 Å². The summed E-state index contributed by atoms with van der Waals surface area (Å²) in [6, 6.07) is 1.24. The average Bonchev–Trinajstić information content (AvgIpc) is 3.06. The Labute approximate surface area is 94.0 Å². The SMILES string of the molecule is CCC(N)CCCN(CCOC)C1CC1. The van der Waals surface area contributed by atoms with Gasteiger partial charge in [-0.25, -0.2) is 0 Å². The zero-order valence-electron chi connectivity index (χ0n) is 10.2. The van der Waals surface area contributed by atoms with Crippen molar-refractivity contribution >= 4 is 0 Å². The molecule has 0 amide bonds. The molecule has 1 fully saturated rings. The fourth-order valence-electron chi connectivity index (χ4n) is 1.89. The molecule has 1 aliphatic carbocycles. The molecule has 0 heterocycles. The molecule has 1 rings (SSSR count). The van der Waals surface area contributed by atoms with E-state index in [1.165, 1.54) is 25.8 Å². The largest absolute Gasteiger partial charge is 0.383 e. The van der Waals surface area contributed by atoms with Crippen LogP contribution in [0.1, 0.15) is 39.0 Å². The Bertz CT molecular complexity index is 160. The summed E-state index contributed by atoms with van der Waals surface area (Å²) < 4.78 is 5.13. The highest BCUT2D eigenvalue weighted by Gasteiger charge is 2.27. The van der Waals surface area contributed by atoms with E-state index in [1.807, 2.05) is 0 Å².